The van der Waals surface area contributed by atoms with Crippen LogP contribution in [0.1, 0.15) is 37.5 Å². The maximum Gasteiger partial charge on any atom is 0.249 e. The van der Waals surface area contributed by atoms with E-state index in [-0.39, 0.29) is 23.0 Å². The van der Waals surface area contributed by atoms with Crippen LogP contribution >= 0.6 is 0 Å². The lowest BCUT2D eigenvalue weighted by molar-refractivity contribution is -0.122. The van der Waals surface area contributed by atoms with Crippen LogP contribution in [0.5, 0.6) is 0 Å². The molecule has 10 heteroatoms. The second kappa shape index (κ2) is 7.84. The highest BCUT2D eigenvalue weighted by Gasteiger charge is 2.38. The summed E-state index contributed by atoms with van der Waals surface area (Å²) in [6, 6.07) is 5.51. The molecule has 1 N–H and O–H groups in total. The van der Waals surface area contributed by atoms with Crippen molar-refractivity contribution >= 4 is 33.3 Å². The van der Waals surface area contributed by atoms with Crippen molar-refractivity contribution < 1.29 is 22.5 Å². The number of rotatable bonds is 4. The van der Waals surface area contributed by atoms with Crippen molar-refractivity contribution in [3.63, 3.8) is 0 Å². The van der Waals surface area contributed by atoms with Gasteiger partial charge in [-0.1, -0.05) is 11.6 Å². The molecule has 2 amide bonds. The van der Waals surface area contributed by atoms with Gasteiger partial charge in [-0.2, -0.15) is 4.31 Å². The Balaban J connectivity index is 1.61. The molecule has 2 aliphatic heterocycles. The molecular weight excluding hydrogens is 408 g/mol. The molecule has 1 fully saturated rings. The van der Waals surface area contributed by atoms with E-state index in [9.17, 15) is 18.0 Å². The quantitative estimate of drug-likeness (QED) is 0.791. The maximum absolute atomic E-state index is 13.0. The number of benzene rings is 1. The predicted molar refractivity (Wildman–Crippen MR) is 110 cm³/mol. The number of nitrogens with zero attached hydrogens (tertiary/aromatic N) is 3. The summed E-state index contributed by atoms with van der Waals surface area (Å²) in [4.78, 5) is 26.7. The second-order valence-electron chi connectivity index (χ2n) is 7.68. The topological polar surface area (TPSA) is 113 Å². The number of sulfonamides is 1. The van der Waals surface area contributed by atoms with E-state index in [0.29, 0.717) is 30.1 Å². The van der Waals surface area contributed by atoms with E-state index in [1.54, 1.807) is 25.1 Å². The molecule has 3 heterocycles. The Labute approximate surface area is 175 Å². The number of amides is 2. The van der Waals surface area contributed by atoms with E-state index in [1.165, 1.54) is 22.2 Å². The minimum atomic E-state index is -3.60. The van der Waals surface area contributed by atoms with Crippen LogP contribution in [0.15, 0.2) is 33.7 Å². The van der Waals surface area contributed by atoms with Gasteiger partial charge in [-0.25, -0.2) is 8.42 Å². The standard InChI is InChI=1S/C20H24N4O5S/c1-13-10-19(22-29-13)21-20(26)18-12-15-11-16(6-7-17(15)24(18)14(2)25)30(27,28)23-8-4-3-5-9-23/h6-7,10-11,18H,3-5,8-9,12H2,1-2H3,(H,21,22,26). The molecule has 1 unspecified atom stereocenters. The molecule has 0 radical (unpaired) electrons. The largest absolute Gasteiger partial charge is 0.360 e. The number of anilines is 2. The van der Waals surface area contributed by atoms with Gasteiger partial charge in [0.1, 0.15) is 11.8 Å². The van der Waals surface area contributed by atoms with E-state index in [0.717, 1.165) is 19.3 Å². The summed E-state index contributed by atoms with van der Waals surface area (Å²) in [6.07, 6.45) is 2.96. The number of fused-ring (bicyclic) bond motifs is 1. The highest BCUT2D eigenvalue weighted by Crippen LogP contribution is 2.35. The number of aryl methyl sites for hydroxylation is 1. The number of aromatic nitrogens is 1. The maximum atomic E-state index is 13.0. The summed E-state index contributed by atoms with van der Waals surface area (Å²) in [6.45, 7) is 4.12. The van der Waals surface area contributed by atoms with Crippen molar-refractivity contribution in [2.45, 2.75) is 50.5 Å². The van der Waals surface area contributed by atoms with E-state index >= 15 is 0 Å². The lowest BCUT2D eigenvalue weighted by Gasteiger charge is -2.26. The third kappa shape index (κ3) is 3.72. The molecule has 160 valence electrons. The van der Waals surface area contributed by atoms with Gasteiger partial charge in [0, 0.05) is 38.2 Å². The second-order valence-corrected chi connectivity index (χ2v) is 9.61. The zero-order valence-electron chi connectivity index (χ0n) is 16.9. The molecule has 1 aromatic carbocycles. The summed E-state index contributed by atoms with van der Waals surface area (Å²) >= 11 is 0. The third-order valence-electron chi connectivity index (χ3n) is 5.51. The van der Waals surface area contributed by atoms with Gasteiger partial charge in [-0.15, -0.1) is 0 Å². The van der Waals surface area contributed by atoms with Crippen molar-refractivity contribution in [1.29, 1.82) is 0 Å². The predicted octanol–water partition coefficient (Wildman–Crippen LogP) is 2.07. The van der Waals surface area contributed by atoms with Crippen molar-refractivity contribution in [3.05, 3.63) is 35.6 Å². The molecule has 0 bridgehead atoms. The minimum Gasteiger partial charge on any atom is -0.360 e. The molecule has 30 heavy (non-hydrogen) atoms. The number of hydrogen-bond acceptors (Lipinski definition) is 6. The molecule has 9 nitrogen and oxygen atoms in total. The summed E-state index contributed by atoms with van der Waals surface area (Å²) in [7, 11) is -3.60. The monoisotopic (exact) mass is 432 g/mol. The number of piperidine rings is 1. The molecule has 2 aromatic rings. The average molecular weight is 433 g/mol. The Morgan fingerprint density at radius 2 is 1.90 bits per heavy atom. The molecule has 1 saturated heterocycles. The van der Waals surface area contributed by atoms with Gasteiger partial charge < -0.3 is 9.84 Å². The van der Waals surface area contributed by atoms with Crippen LogP contribution in [-0.2, 0) is 26.0 Å². The van der Waals surface area contributed by atoms with Crippen LogP contribution in [-0.4, -0.2) is 48.8 Å². The molecule has 1 atom stereocenters. The zero-order valence-corrected chi connectivity index (χ0v) is 17.7. The highest BCUT2D eigenvalue weighted by atomic mass is 32.2. The van der Waals surface area contributed by atoms with Gasteiger partial charge in [-0.05, 0) is 43.5 Å². The first-order valence-electron chi connectivity index (χ1n) is 9.94. The number of nitrogens with one attached hydrogen (secondary N) is 1. The van der Waals surface area contributed by atoms with Crippen molar-refractivity contribution in [2.24, 2.45) is 0 Å². The molecule has 4 rings (SSSR count). The highest BCUT2D eigenvalue weighted by molar-refractivity contribution is 7.89. The van der Waals surface area contributed by atoms with E-state index in [1.807, 2.05) is 0 Å². The number of hydrogen-bond donors (Lipinski definition) is 1. The van der Waals surface area contributed by atoms with Crippen molar-refractivity contribution in [3.8, 4) is 0 Å². The van der Waals surface area contributed by atoms with Gasteiger partial charge in [-0.3, -0.25) is 14.5 Å². The molecular formula is C20H24N4O5S. The fourth-order valence-electron chi connectivity index (χ4n) is 4.08. The van der Waals surface area contributed by atoms with Crippen LogP contribution in [0, 0.1) is 6.92 Å². The van der Waals surface area contributed by atoms with Crippen LogP contribution in [0.4, 0.5) is 11.5 Å². The average Bonchev–Trinajstić information content (AvgIpc) is 3.31. The minimum absolute atomic E-state index is 0.194. The summed E-state index contributed by atoms with van der Waals surface area (Å²) in [5.41, 5.74) is 1.20. The van der Waals surface area contributed by atoms with Crippen LogP contribution in [0.3, 0.4) is 0 Å². The molecule has 0 aliphatic carbocycles. The van der Waals surface area contributed by atoms with Crippen molar-refractivity contribution in [2.75, 3.05) is 23.3 Å². The lowest BCUT2D eigenvalue weighted by atomic mass is 10.1. The van der Waals surface area contributed by atoms with Gasteiger partial charge in [0.2, 0.25) is 21.8 Å². The van der Waals surface area contributed by atoms with Gasteiger partial charge in [0.05, 0.1) is 4.90 Å². The van der Waals surface area contributed by atoms with Gasteiger partial charge in [0.25, 0.3) is 0 Å². The summed E-state index contributed by atoms with van der Waals surface area (Å²) in [5, 5.41) is 6.41. The Kier molecular flexibility index (Phi) is 5.37. The van der Waals surface area contributed by atoms with Crippen molar-refractivity contribution in [1.82, 2.24) is 9.46 Å². The smallest absolute Gasteiger partial charge is 0.249 e. The van der Waals surface area contributed by atoms with E-state index in [2.05, 4.69) is 10.5 Å². The number of carbonyl (C=O) groups is 2. The first-order chi connectivity index (χ1) is 14.3. The molecule has 0 saturated carbocycles. The third-order valence-corrected chi connectivity index (χ3v) is 7.40. The normalized spacial score (nSPS) is 19.5. The first-order valence-corrected chi connectivity index (χ1v) is 11.4. The molecule has 2 aliphatic rings. The zero-order chi connectivity index (χ0) is 21.5. The van der Waals surface area contributed by atoms with Crippen LogP contribution in [0.25, 0.3) is 0 Å². The van der Waals surface area contributed by atoms with Crippen LogP contribution < -0.4 is 10.2 Å². The Morgan fingerprint density at radius 3 is 2.53 bits per heavy atom. The lowest BCUT2D eigenvalue weighted by Crippen LogP contribution is -2.44. The summed E-state index contributed by atoms with van der Waals surface area (Å²) < 4.78 is 32.5. The molecule has 1 aromatic heterocycles. The Bertz CT molecular complexity index is 1090. The Hall–Kier alpha value is -2.72. The first kappa shape index (κ1) is 20.5. The van der Waals surface area contributed by atoms with Gasteiger partial charge in [0.15, 0.2) is 5.82 Å². The SMILES string of the molecule is CC(=O)N1c2ccc(S(=O)(=O)N3CCCCC3)cc2CC1C(=O)Nc1cc(C)on1. The summed E-state index contributed by atoms with van der Waals surface area (Å²) in [5.74, 6) is 0.119. The Morgan fingerprint density at radius 1 is 1.17 bits per heavy atom. The van der Waals surface area contributed by atoms with E-state index in [4.69, 9.17) is 4.52 Å². The fourth-order valence-corrected chi connectivity index (χ4v) is 5.64. The van der Waals surface area contributed by atoms with E-state index < -0.39 is 22.0 Å². The number of carbonyl (C=O) groups excluding carboxylic acids is 2. The van der Waals surface area contributed by atoms with Gasteiger partial charge >= 0.3 is 0 Å². The van der Waals surface area contributed by atoms with Crippen LogP contribution in [0.2, 0.25) is 0 Å². The fraction of sp³-hybridized carbons (Fsp3) is 0.450. The molecule has 0 spiro atoms.